The highest BCUT2D eigenvalue weighted by Gasteiger charge is 2.00. The van der Waals surface area contributed by atoms with E-state index in [1.807, 2.05) is 30.4 Å². The van der Waals surface area contributed by atoms with Gasteiger partial charge in [-0.15, -0.1) is 0 Å². The first-order valence-electron chi connectivity index (χ1n) is 5.10. The van der Waals surface area contributed by atoms with Gasteiger partial charge in [0.1, 0.15) is 5.69 Å². The Morgan fingerprint density at radius 3 is 2.94 bits per heavy atom. The molecule has 4 nitrogen and oxygen atoms in total. The number of H-pyrrole nitrogens is 2. The number of aromatic hydroxyl groups is 1. The Morgan fingerprint density at radius 2 is 2.18 bits per heavy atom. The summed E-state index contributed by atoms with van der Waals surface area (Å²) in [4.78, 5) is 9.72. The molecule has 0 saturated heterocycles. The second-order valence-electron chi connectivity index (χ2n) is 3.75. The molecule has 0 saturated carbocycles. The molecule has 5 heteroatoms. The van der Waals surface area contributed by atoms with Gasteiger partial charge in [0.05, 0.1) is 5.69 Å². The minimum absolute atomic E-state index is 0.0468. The van der Waals surface area contributed by atoms with Crippen molar-refractivity contribution in [1.29, 1.82) is 0 Å². The van der Waals surface area contributed by atoms with Crippen LogP contribution in [0.15, 0.2) is 23.2 Å². The molecule has 2 heterocycles. The SMILES string of the molecule is Oc1[nH]c(=S)[nH]c1/C=c1\ccc2c(c1)N=CC=2. The molecule has 0 radical (unpaired) electrons. The number of hydrogen-bond acceptors (Lipinski definition) is 3. The Morgan fingerprint density at radius 1 is 1.29 bits per heavy atom. The summed E-state index contributed by atoms with van der Waals surface area (Å²) >= 11 is 4.90. The van der Waals surface area contributed by atoms with E-state index in [2.05, 4.69) is 15.0 Å². The van der Waals surface area contributed by atoms with Crippen LogP contribution < -0.4 is 10.4 Å². The predicted octanol–water partition coefficient (Wildman–Crippen LogP) is 1.10. The van der Waals surface area contributed by atoms with E-state index < -0.39 is 0 Å². The molecule has 0 aliphatic carbocycles. The van der Waals surface area contributed by atoms with E-state index in [0.29, 0.717) is 10.5 Å². The summed E-state index contributed by atoms with van der Waals surface area (Å²) in [6.07, 6.45) is 5.55. The summed E-state index contributed by atoms with van der Waals surface area (Å²) in [6, 6.07) is 5.92. The molecule has 0 fully saturated rings. The van der Waals surface area contributed by atoms with E-state index in [1.54, 1.807) is 6.21 Å². The number of aromatic nitrogens is 2. The summed E-state index contributed by atoms with van der Waals surface area (Å²) in [7, 11) is 0. The van der Waals surface area contributed by atoms with E-state index in [-0.39, 0.29) is 5.88 Å². The van der Waals surface area contributed by atoms with E-state index in [9.17, 15) is 5.11 Å². The maximum Gasteiger partial charge on any atom is 0.215 e. The number of aromatic amines is 2. The first-order valence-corrected chi connectivity index (χ1v) is 5.51. The lowest BCUT2D eigenvalue weighted by atomic mass is 10.2. The van der Waals surface area contributed by atoms with Gasteiger partial charge in [0.25, 0.3) is 0 Å². The highest BCUT2D eigenvalue weighted by Crippen LogP contribution is 2.11. The van der Waals surface area contributed by atoms with Gasteiger partial charge in [-0.1, -0.05) is 12.1 Å². The number of rotatable bonds is 1. The number of hydrogen-bond donors (Lipinski definition) is 3. The zero-order valence-corrected chi connectivity index (χ0v) is 9.58. The fraction of sp³-hybridized carbons (Fsp3) is 0. The van der Waals surface area contributed by atoms with Gasteiger partial charge in [-0.05, 0) is 35.7 Å². The van der Waals surface area contributed by atoms with Crippen LogP contribution in [-0.2, 0) is 0 Å². The number of nitrogens with zero attached hydrogens (tertiary/aromatic N) is 1. The third-order valence-corrected chi connectivity index (χ3v) is 2.77. The van der Waals surface area contributed by atoms with Crippen LogP contribution in [0.4, 0.5) is 5.69 Å². The highest BCUT2D eigenvalue weighted by molar-refractivity contribution is 7.71. The summed E-state index contributed by atoms with van der Waals surface area (Å²) in [5.74, 6) is 0.0468. The van der Waals surface area contributed by atoms with Crippen LogP contribution in [0.2, 0.25) is 0 Å². The van der Waals surface area contributed by atoms with Gasteiger partial charge in [-0.3, -0.25) is 4.99 Å². The van der Waals surface area contributed by atoms with Crippen molar-refractivity contribution in [2.75, 3.05) is 0 Å². The monoisotopic (exact) mass is 243 g/mol. The third kappa shape index (κ3) is 1.81. The maximum atomic E-state index is 9.57. The van der Waals surface area contributed by atoms with Crippen LogP contribution in [0, 0.1) is 4.77 Å². The summed E-state index contributed by atoms with van der Waals surface area (Å²) in [6.45, 7) is 0. The lowest BCUT2D eigenvalue weighted by molar-refractivity contribution is 0.455. The topological polar surface area (TPSA) is 64.2 Å². The number of nitrogens with one attached hydrogen (secondary N) is 2. The van der Waals surface area contributed by atoms with Crippen LogP contribution in [-0.4, -0.2) is 21.3 Å². The molecular weight excluding hydrogens is 234 g/mol. The van der Waals surface area contributed by atoms with Crippen molar-refractivity contribution < 1.29 is 5.11 Å². The molecule has 2 aromatic rings. The average molecular weight is 243 g/mol. The minimum Gasteiger partial charge on any atom is -0.493 e. The quantitative estimate of drug-likeness (QED) is 0.657. The van der Waals surface area contributed by atoms with Crippen molar-refractivity contribution in [1.82, 2.24) is 9.97 Å². The Balaban J connectivity index is 2.17. The normalized spacial score (nSPS) is 13.8. The first-order chi connectivity index (χ1) is 8.22. The van der Waals surface area contributed by atoms with Crippen molar-refractivity contribution in [2.24, 2.45) is 4.99 Å². The van der Waals surface area contributed by atoms with Crippen LogP contribution in [0.25, 0.3) is 12.2 Å². The van der Waals surface area contributed by atoms with Crippen molar-refractivity contribution in [3.8, 4) is 5.88 Å². The molecule has 3 rings (SSSR count). The molecule has 84 valence electrons. The molecular formula is C12H9N3OS. The van der Waals surface area contributed by atoms with Crippen molar-refractivity contribution in [3.05, 3.63) is 39.1 Å². The van der Waals surface area contributed by atoms with Crippen LogP contribution in [0.3, 0.4) is 0 Å². The van der Waals surface area contributed by atoms with Crippen molar-refractivity contribution >= 4 is 36.3 Å². The van der Waals surface area contributed by atoms with E-state index in [4.69, 9.17) is 12.2 Å². The lowest BCUT2D eigenvalue weighted by Gasteiger charge is -1.92. The van der Waals surface area contributed by atoms with E-state index in [0.717, 1.165) is 16.1 Å². The molecule has 1 aliphatic rings. The summed E-state index contributed by atoms with van der Waals surface area (Å²) in [5, 5.41) is 11.6. The van der Waals surface area contributed by atoms with Gasteiger partial charge in [-0.25, -0.2) is 0 Å². The molecule has 0 bridgehead atoms. The zero-order valence-electron chi connectivity index (χ0n) is 8.77. The number of benzene rings is 1. The molecule has 0 amide bonds. The highest BCUT2D eigenvalue weighted by atomic mass is 32.1. The zero-order chi connectivity index (χ0) is 11.8. The van der Waals surface area contributed by atoms with Crippen LogP contribution in [0.1, 0.15) is 5.69 Å². The summed E-state index contributed by atoms with van der Waals surface area (Å²) < 4.78 is 0.404. The van der Waals surface area contributed by atoms with Gasteiger partial charge >= 0.3 is 0 Å². The lowest BCUT2D eigenvalue weighted by Crippen LogP contribution is -2.06. The molecule has 17 heavy (non-hydrogen) atoms. The number of aliphatic imine (C=N–C) groups is 1. The van der Waals surface area contributed by atoms with Gasteiger partial charge in [0.15, 0.2) is 4.77 Å². The molecule has 3 N–H and O–H groups in total. The second-order valence-corrected chi connectivity index (χ2v) is 4.16. The fourth-order valence-electron chi connectivity index (χ4n) is 1.76. The number of fused-ring (bicyclic) bond motifs is 1. The Labute approximate surface area is 102 Å². The van der Waals surface area contributed by atoms with Crippen LogP contribution >= 0.6 is 12.2 Å². The molecule has 0 atom stereocenters. The van der Waals surface area contributed by atoms with Crippen molar-refractivity contribution in [3.63, 3.8) is 0 Å². The Hall–Kier alpha value is -2.14. The number of imidazole rings is 1. The minimum atomic E-state index is 0.0468. The maximum absolute atomic E-state index is 9.57. The molecule has 1 aromatic carbocycles. The first kappa shape index (κ1) is 10.0. The van der Waals surface area contributed by atoms with E-state index in [1.165, 1.54) is 0 Å². The van der Waals surface area contributed by atoms with Gasteiger partial charge < -0.3 is 15.1 Å². The predicted molar refractivity (Wildman–Crippen MR) is 69.5 cm³/mol. The Kier molecular flexibility index (Phi) is 2.19. The van der Waals surface area contributed by atoms with Gasteiger partial charge in [0.2, 0.25) is 5.88 Å². The molecule has 1 aromatic heterocycles. The second kappa shape index (κ2) is 3.71. The van der Waals surface area contributed by atoms with Crippen LogP contribution in [0.5, 0.6) is 5.88 Å². The third-order valence-electron chi connectivity index (χ3n) is 2.57. The molecule has 0 spiro atoms. The van der Waals surface area contributed by atoms with Crippen molar-refractivity contribution in [2.45, 2.75) is 0 Å². The smallest absolute Gasteiger partial charge is 0.215 e. The molecule has 0 unspecified atom stereocenters. The Bertz CT molecular complexity index is 783. The van der Waals surface area contributed by atoms with Gasteiger partial charge in [-0.2, -0.15) is 0 Å². The standard InChI is InChI=1S/C12H9N3OS/c16-11-10(14-12(17)15-11)6-7-1-2-8-3-4-13-9(8)5-7/h1-6,16H,(H2,14,15,17)/b7-6+. The largest absolute Gasteiger partial charge is 0.493 e. The van der Waals surface area contributed by atoms with Gasteiger partial charge in [0, 0.05) is 11.4 Å². The summed E-state index contributed by atoms with van der Waals surface area (Å²) in [5.41, 5.74) is 1.51. The average Bonchev–Trinajstić information content (AvgIpc) is 2.85. The fourth-order valence-corrected chi connectivity index (χ4v) is 1.97. The molecule has 1 aliphatic heterocycles. The van der Waals surface area contributed by atoms with E-state index >= 15 is 0 Å².